The Morgan fingerprint density at radius 1 is 0.789 bits per heavy atom. The number of carbonyl (C=O) groups is 2. The normalized spacial score (nSPS) is 13.8. The van der Waals surface area contributed by atoms with Gasteiger partial charge in [0.05, 0.1) is 25.3 Å². The maximum atomic E-state index is 13.2. The van der Waals surface area contributed by atoms with E-state index in [0.717, 1.165) is 49.0 Å². The molecule has 0 aromatic heterocycles. The van der Waals surface area contributed by atoms with Crippen LogP contribution in [0.2, 0.25) is 0 Å². The van der Waals surface area contributed by atoms with Crippen LogP contribution in [0.3, 0.4) is 0 Å². The highest BCUT2D eigenvalue weighted by atomic mass is 35.5. The molecular formula is C28H29ClN6O3. The second-order valence-corrected chi connectivity index (χ2v) is 8.52. The summed E-state index contributed by atoms with van der Waals surface area (Å²) in [5.41, 5.74) is 3.83. The van der Waals surface area contributed by atoms with Gasteiger partial charge in [-0.1, -0.05) is 0 Å². The summed E-state index contributed by atoms with van der Waals surface area (Å²) in [6.45, 7) is 5.42. The first-order valence-corrected chi connectivity index (χ1v) is 12.3. The third-order valence-corrected chi connectivity index (χ3v) is 5.97. The molecule has 38 heavy (non-hydrogen) atoms. The number of nitrogens with one attached hydrogen (secondary N) is 4. The number of aliphatic imine (C=N–C) groups is 2. The number of amidine groups is 2. The molecule has 0 spiro atoms. The Hall–Kier alpha value is -4.37. The molecule has 0 aliphatic carbocycles. The van der Waals surface area contributed by atoms with Gasteiger partial charge >= 0.3 is 0 Å². The van der Waals surface area contributed by atoms with Crippen LogP contribution in [0.25, 0.3) is 0 Å². The zero-order valence-electron chi connectivity index (χ0n) is 20.9. The third-order valence-electron chi connectivity index (χ3n) is 5.97. The van der Waals surface area contributed by atoms with Crippen LogP contribution in [0, 0.1) is 0 Å². The molecule has 2 heterocycles. The number of hydrogen-bond acceptors (Lipinski definition) is 7. The van der Waals surface area contributed by atoms with Crippen LogP contribution in [-0.2, 0) is 0 Å². The zero-order valence-corrected chi connectivity index (χ0v) is 21.7. The van der Waals surface area contributed by atoms with Crippen molar-refractivity contribution >= 4 is 47.3 Å². The first-order valence-electron chi connectivity index (χ1n) is 12.3. The van der Waals surface area contributed by atoms with Crippen molar-refractivity contribution < 1.29 is 14.3 Å². The maximum Gasteiger partial charge on any atom is 0.259 e. The smallest absolute Gasteiger partial charge is 0.259 e. The third kappa shape index (κ3) is 6.12. The van der Waals surface area contributed by atoms with Crippen molar-refractivity contribution in [1.29, 1.82) is 0 Å². The number of amides is 2. The second-order valence-electron chi connectivity index (χ2n) is 8.52. The number of nitrogens with zero attached hydrogens (tertiary/aromatic N) is 2. The van der Waals surface area contributed by atoms with Gasteiger partial charge in [-0.15, -0.1) is 12.4 Å². The fourth-order valence-electron chi connectivity index (χ4n) is 4.14. The predicted molar refractivity (Wildman–Crippen MR) is 152 cm³/mol. The summed E-state index contributed by atoms with van der Waals surface area (Å²) < 4.78 is 5.66. The molecule has 2 amide bonds. The monoisotopic (exact) mass is 532 g/mol. The van der Waals surface area contributed by atoms with Crippen LogP contribution in [-0.4, -0.2) is 56.3 Å². The van der Waals surface area contributed by atoms with Gasteiger partial charge in [0.25, 0.3) is 11.8 Å². The Morgan fingerprint density at radius 3 is 1.79 bits per heavy atom. The molecule has 4 N–H and O–H groups in total. The molecule has 2 aliphatic rings. The highest BCUT2D eigenvalue weighted by Crippen LogP contribution is 2.23. The Kier molecular flexibility index (Phi) is 8.60. The molecule has 3 aromatic rings. The molecule has 9 nitrogen and oxygen atoms in total. The quantitative estimate of drug-likeness (QED) is 0.353. The Morgan fingerprint density at radius 2 is 1.32 bits per heavy atom. The average Bonchev–Trinajstić information content (AvgIpc) is 3.65. The van der Waals surface area contributed by atoms with Gasteiger partial charge in [0, 0.05) is 41.2 Å². The van der Waals surface area contributed by atoms with Gasteiger partial charge in [0.2, 0.25) is 0 Å². The van der Waals surface area contributed by atoms with E-state index in [1.165, 1.54) is 0 Å². The van der Waals surface area contributed by atoms with E-state index in [2.05, 4.69) is 31.3 Å². The second kappa shape index (κ2) is 12.2. The van der Waals surface area contributed by atoms with Crippen LogP contribution >= 0.6 is 12.4 Å². The molecule has 0 atom stereocenters. The molecule has 0 radical (unpaired) electrons. The van der Waals surface area contributed by atoms with Gasteiger partial charge in [-0.05, 0) is 73.7 Å². The van der Waals surface area contributed by atoms with Crippen LogP contribution in [0.5, 0.6) is 5.75 Å². The summed E-state index contributed by atoms with van der Waals surface area (Å²) in [4.78, 5) is 35.0. The van der Waals surface area contributed by atoms with E-state index < -0.39 is 0 Å². The van der Waals surface area contributed by atoms with E-state index >= 15 is 0 Å². The maximum absolute atomic E-state index is 13.2. The molecule has 0 fully saturated rings. The minimum Gasteiger partial charge on any atom is -0.493 e. The molecule has 5 rings (SSSR count). The van der Waals surface area contributed by atoms with E-state index in [4.69, 9.17) is 4.74 Å². The van der Waals surface area contributed by atoms with Gasteiger partial charge in [0.1, 0.15) is 17.4 Å². The fraction of sp³-hybridized carbons (Fsp3) is 0.214. The van der Waals surface area contributed by atoms with Crippen molar-refractivity contribution in [1.82, 2.24) is 10.6 Å². The lowest BCUT2D eigenvalue weighted by molar-refractivity contribution is 0.102. The van der Waals surface area contributed by atoms with Gasteiger partial charge < -0.3 is 26.0 Å². The van der Waals surface area contributed by atoms with Crippen molar-refractivity contribution in [2.45, 2.75) is 6.92 Å². The van der Waals surface area contributed by atoms with Crippen molar-refractivity contribution in [2.75, 3.05) is 43.4 Å². The van der Waals surface area contributed by atoms with Gasteiger partial charge in [-0.3, -0.25) is 19.6 Å². The highest BCUT2D eigenvalue weighted by Gasteiger charge is 2.18. The summed E-state index contributed by atoms with van der Waals surface area (Å²) in [5, 5.41) is 12.2. The number of rotatable bonds is 8. The Labute approximate surface area is 227 Å². The molecular weight excluding hydrogens is 504 g/mol. The number of benzene rings is 3. The molecule has 0 saturated carbocycles. The summed E-state index contributed by atoms with van der Waals surface area (Å²) >= 11 is 0. The van der Waals surface area contributed by atoms with E-state index in [9.17, 15) is 9.59 Å². The Balaban J connectivity index is 0.00000336. The molecule has 10 heteroatoms. The number of ether oxygens (including phenoxy) is 1. The van der Waals surface area contributed by atoms with Crippen LogP contribution in [0.4, 0.5) is 11.4 Å². The molecule has 0 saturated heterocycles. The number of halogens is 1. The lowest BCUT2D eigenvalue weighted by Gasteiger charge is -2.13. The standard InChI is InChI=1S/C28H28N6O3.ClH/c1-2-37-24-12-7-20(27(35)33-21-8-3-18(4-9-21)25-29-13-14-30-25)17-23(24)28(36)34-22-10-5-19(6-11-22)26-31-15-16-32-26;/h3-12,17H,2,13-16H2,1H3,(H,29,30)(H,31,32)(H,33,35)(H,34,36);1H. The first kappa shape index (κ1) is 26.7. The minimum atomic E-state index is -0.364. The van der Waals surface area contributed by atoms with Crippen molar-refractivity contribution in [2.24, 2.45) is 9.98 Å². The number of carbonyl (C=O) groups excluding carboxylic acids is 2. The van der Waals surface area contributed by atoms with Gasteiger partial charge in [0.15, 0.2) is 0 Å². The topological polar surface area (TPSA) is 116 Å². The van der Waals surface area contributed by atoms with E-state index in [0.29, 0.717) is 29.3 Å². The van der Waals surface area contributed by atoms with Crippen LogP contribution in [0.15, 0.2) is 76.7 Å². The molecule has 0 bridgehead atoms. The average molecular weight is 533 g/mol. The Bertz CT molecular complexity index is 1370. The van der Waals surface area contributed by atoms with E-state index in [-0.39, 0.29) is 29.8 Å². The van der Waals surface area contributed by atoms with Gasteiger partial charge in [-0.2, -0.15) is 0 Å². The summed E-state index contributed by atoms with van der Waals surface area (Å²) in [7, 11) is 0. The molecule has 2 aliphatic heterocycles. The first-order chi connectivity index (χ1) is 18.1. The van der Waals surface area contributed by atoms with Crippen LogP contribution in [0.1, 0.15) is 38.8 Å². The van der Waals surface area contributed by atoms with E-state index in [1.807, 2.05) is 55.5 Å². The van der Waals surface area contributed by atoms with E-state index in [1.54, 1.807) is 18.2 Å². The SMILES string of the molecule is CCOc1ccc(C(=O)Nc2ccc(C3=NCCN3)cc2)cc1C(=O)Nc1ccc(C2=NCCN2)cc1.Cl. The number of hydrogen-bond donors (Lipinski definition) is 4. The minimum absolute atomic E-state index is 0. The van der Waals surface area contributed by atoms with Gasteiger partial charge in [-0.25, -0.2) is 0 Å². The van der Waals surface area contributed by atoms with Crippen molar-refractivity contribution in [3.63, 3.8) is 0 Å². The number of anilines is 2. The largest absolute Gasteiger partial charge is 0.493 e. The summed E-state index contributed by atoms with van der Waals surface area (Å²) in [5.74, 6) is 1.44. The molecule has 196 valence electrons. The van der Waals surface area contributed by atoms with Crippen molar-refractivity contribution in [3.05, 3.63) is 89.0 Å². The zero-order chi connectivity index (χ0) is 25.6. The van der Waals surface area contributed by atoms with Crippen molar-refractivity contribution in [3.8, 4) is 5.75 Å². The summed E-state index contributed by atoms with van der Waals surface area (Å²) in [6, 6.07) is 19.8. The fourth-order valence-corrected chi connectivity index (χ4v) is 4.14. The molecule has 3 aromatic carbocycles. The highest BCUT2D eigenvalue weighted by molar-refractivity contribution is 6.10. The molecule has 0 unspecified atom stereocenters. The lowest BCUT2D eigenvalue weighted by atomic mass is 10.1. The lowest BCUT2D eigenvalue weighted by Crippen LogP contribution is -2.20. The van der Waals surface area contributed by atoms with Crippen LogP contribution < -0.4 is 26.0 Å². The summed E-state index contributed by atoms with van der Waals surface area (Å²) in [6.07, 6.45) is 0. The predicted octanol–water partition coefficient (Wildman–Crippen LogP) is 3.71.